The van der Waals surface area contributed by atoms with Crippen LogP contribution < -0.4 is 10.6 Å². The predicted molar refractivity (Wildman–Crippen MR) is 74.4 cm³/mol. The second-order valence-electron chi connectivity index (χ2n) is 4.73. The summed E-state index contributed by atoms with van der Waals surface area (Å²) in [7, 11) is 1.87. The smallest absolute Gasteiger partial charge is 0.315 e. The van der Waals surface area contributed by atoms with Gasteiger partial charge in [-0.15, -0.1) is 0 Å². The maximum atomic E-state index is 11.6. The number of hydrogen-bond donors (Lipinski definition) is 3. The minimum absolute atomic E-state index is 0.136. The van der Waals surface area contributed by atoms with Crippen molar-refractivity contribution >= 4 is 12.0 Å². The highest BCUT2D eigenvalue weighted by molar-refractivity contribution is 5.73. The molecule has 1 aromatic rings. The molecular weight excluding hydrogens is 260 g/mol. The summed E-state index contributed by atoms with van der Waals surface area (Å²) in [6.07, 6.45) is 1.36. The van der Waals surface area contributed by atoms with Crippen molar-refractivity contribution in [2.24, 2.45) is 7.05 Å². The van der Waals surface area contributed by atoms with Crippen LogP contribution in [0.15, 0.2) is 0 Å². The lowest BCUT2D eigenvalue weighted by molar-refractivity contribution is -0.137. The van der Waals surface area contributed by atoms with Gasteiger partial charge in [0.1, 0.15) is 0 Å². The minimum atomic E-state index is -0.808. The molecule has 20 heavy (non-hydrogen) atoms. The monoisotopic (exact) mass is 282 g/mol. The lowest BCUT2D eigenvalue weighted by Crippen LogP contribution is -2.35. The van der Waals surface area contributed by atoms with E-state index >= 15 is 0 Å². The number of hydrogen-bond acceptors (Lipinski definition) is 3. The first-order valence-corrected chi connectivity index (χ1v) is 6.64. The molecule has 0 aliphatic heterocycles. The second-order valence-corrected chi connectivity index (χ2v) is 4.73. The topological polar surface area (TPSA) is 96.3 Å². The average Bonchev–Trinajstić information content (AvgIpc) is 2.60. The van der Waals surface area contributed by atoms with Crippen molar-refractivity contribution in [2.45, 2.75) is 39.7 Å². The van der Waals surface area contributed by atoms with Crippen molar-refractivity contribution in [3.63, 3.8) is 0 Å². The molecule has 0 fully saturated rings. The Morgan fingerprint density at radius 2 is 1.95 bits per heavy atom. The summed E-state index contributed by atoms with van der Waals surface area (Å²) in [6, 6.07) is -0.247. The zero-order chi connectivity index (χ0) is 15.1. The highest BCUT2D eigenvalue weighted by Crippen LogP contribution is 2.10. The van der Waals surface area contributed by atoms with Crippen LogP contribution in [0.5, 0.6) is 0 Å². The van der Waals surface area contributed by atoms with Gasteiger partial charge >= 0.3 is 12.0 Å². The number of carboxylic acid groups (broad SMARTS) is 1. The number of aromatic nitrogens is 2. The summed E-state index contributed by atoms with van der Waals surface area (Å²) in [5.74, 6) is -0.808. The molecule has 1 heterocycles. The molecule has 0 atom stereocenters. The van der Waals surface area contributed by atoms with Crippen molar-refractivity contribution in [2.75, 3.05) is 6.54 Å². The van der Waals surface area contributed by atoms with Gasteiger partial charge in [0.2, 0.25) is 0 Å². The van der Waals surface area contributed by atoms with E-state index in [0.29, 0.717) is 25.9 Å². The molecular formula is C13H22N4O3. The molecule has 112 valence electrons. The summed E-state index contributed by atoms with van der Waals surface area (Å²) >= 11 is 0. The molecule has 0 aliphatic rings. The summed E-state index contributed by atoms with van der Waals surface area (Å²) < 4.78 is 1.79. The Bertz CT molecular complexity index is 482. The zero-order valence-electron chi connectivity index (χ0n) is 12.2. The Labute approximate surface area is 118 Å². The van der Waals surface area contributed by atoms with E-state index in [1.165, 1.54) is 0 Å². The van der Waals surface area contributed by atoms with Gasteiger partial charge in [0.25, 0.3) is 0 Å². The van der Waals surface area contributed by atoms with Crippen LogP contribution in [0.4, 0.5) is 4.79 Å². The van der Waals surface area contributed by atoms with Gasteiger partial charge in [0, 0.05) is 37.8 Å². The standard InChI is InChI=1S/C13H22N4O3/c1-9-11(10(2)17(3)16-9)8-15-13(20)14-7-5-4-6-12(18)19/h4-8H2,1-3H3,(H,18,19)(H2,14,15,20). The number of carboxylic acids is 1. The number of carbonyl (C=O) groups is 2. The third-order valence-corrected chi connectivity index (χ3v) is 3.19. The molecule has 0 bridgehead atoms. The van der Waals surface area contributed by atoms with Gasteiger partial charge in [-0.05, 0) is 26.7 Å². The number of nitrogens with one attached hydrogen (secondary N) is 2. The van der Waals surface area contributed by atoms with Crippen molar-refractivity contribution < 1.29 is 14.7 Å². The van der Waals surface area contributed by atoms with E-state index < -0.39 is 5.97 Å². The number of rotatable bonds is 7. The van der Waals surface area contributed by atoms with Crippen LogP contribution in [0, 0.1) is 13.8 Å². The summed E-state index contributed by atoms with van der Waals surface area (Å²) in [5.41, 5.74) is 2.96. The number of urea groups is 1. The molecule has 0 saturated heterocycles. The van der Waals surface area contributed by atoms with Gasteiger partial charge in [-0.2, -0.15) is 5.10 Å². The van der Waals surface area contributed by atoms with Gasteiger partial charge in [0.05, 0.1) is 5.69 Å². The maximum Gasteiger partial charge on any atom is 0.315 e. The highest BCUT2D eigenvalue weighted by Gasteiger charge is 2.10. The third kappa shape index (κ3) is 4.91. The number of amides is 2. The first-order valence-electron chi connectivity index (χ1n) is 6.64. The molecule has 0 aromatic carbocycles. The molecule has 0 unspecified atom stereocenters. The number of unbranched alkanes of at least 4 members (excludes halogenated alkanes) is 1. The molecule has 0 spiro atoms. The largest absolute Gasteiger partial charge is 0.481 e. The summed E-state index contributed by atoms with van der Waals surface area (Å²) in [5, 5.41) is 18.2. The van der Waals surface area contributed by atoms with Crippen LogP contribution in [0.2, 0.25) is 0 Å². The quantitative estimate of drug-likeness (QED) is 0.652. The summed E-state index contributed by atoms with van der Waals surface area (Å²) in [4.78, 5) is 21.9. The van der Waals surface area contributed by atoms with Crippen molar-refractivity contribution in [3.8, 4) is 0 Å². The van der Waals surface area contributed by atoms with Crippen molar-refractivity contribution in [1.82, 2.24) is 20.4 Å². The molecule has 3 N–H and O–H groups in total. The van der Waals surface area contributed by atoms with Crippen LogP contribution in [-0.4, -0.2) is 33.4 Å². The van der Waals surface area contributed by atoms with Gasteiger partial charge in [-0.1, -0.05) is 0 Å². The molecule has 1 rings (SSSR count). The molecule has 2 amide bonds. The molecule has 0 aliphatic carbocycles. The van der Waals surface area contributed by atoms with Crippen LogP contribution in [0.1, 0.15) is 36.2 Å². The Hall–Kier alpha value is -2.05. The molecule has 7 heteroatoms. The predicted octanol–water partition coefficient (Wildman–Crippen LogP) is 1.09. The summed E-state index contributed by atoms with van der Waals surface area (Å²) in [6.45, 7) is 4.78. The van der Waals surface area contributed by atoms with E-state index in [0.717, 1.165) is 17.0 Å². The van der Waals surface area contributed by atoms with E-state index in [-0.39, 0.29) is 12.5 Å². The SMILES string of the molecule is Cc1nn(C)c(C)c1CNC(=O)NCCCCC(=O)O. The van der Waals surface area contributed by atoms with E-state index in [2.05, 4.69) is 15.7 Å². The van der Waals surface area contributed by atoms with E-state index in [1.54, 1.807) is 4.68 Å². The van der Waals surface area contributed by atoms with Crippen LogP contribution in [0.3, 0.4) is 0 Å². The Morgan fingerprint density at radius 3 is 2.50 bits per heavy atom. The highest BCUT2D eigenvalue weighted by atomic mass is 16.4. The lowest BCUT2D eigenvalue weighted by atomic mass is 10.2. The first kappa shape index (κ1) is 16.0. The fraction of sp³-hybridized carbons (Fsp3) is 0.615. The lowest BCUT2D eigenvalue weighted by Gasteiger charge is -2.07. The van der Waals surface area contributed by atoms with Gasteiger partial charge < -0.3 is 15.7 Å². The van der Waals surface area contributed by atoms with E-state index in [1.807, 2.05) is 20.9 Å². The Kier molecular flexibility index (Phi) is 6.02. The van der Waals surface area contributed by atoms with E-state index in [4.69, 9.17) is 5.11 Å². The second kappa shape index (κ2) is 7.52. The van der Waals surface area contributed by atoms with Crippen molar-refractivity contribution in [3.05, 3.63) is 17.0 Å². The number of nitrogens with zero attached hydrogens (tertiary/aromatic N) is 2. The first-order chi connectivity index (χ1) is 9.41. The van der Waals surface area contributed by atoms with Crippen LogP contribution >= 0.6 is 0 Å². The fourth-order valence-electron chi connectivity index (χ4n) is 1.91. The number of carbonyl (C=O) groups excluding carboxylic acids is 1. The fourth-order valence-corrected chi connectivity index (χ4v) is 1.91. The normalized spacial score (nSPS) is 10.3. The number of aliphatic carboxylic acids is 1. The Balaban J connectivity index is 2.25. The Morgan fingerprint density at radius 1 is 1.25 bits per heavy atom. The van der Waals surface area contributed by atoms with Gasteiger partial charge in [0.15, 0.2) is 0 Å². The molecule has 0 saturated carbocycles. The van der Waals surface area contributed by atoms with Gasteiger partial charge in [-0.25, -0.2) is 4.79 Å². The zero-order valence-corrected chi connectivity index (χ0v) is 12.2. The third-order valence-electron chi connectivity index (χ3n) is 3.19. The molecule has 1 aromatic heterocycles. The van der Waals surface area contributed by atoms with Gasteiger partial charge in [-0.3, -0.25) is 9.48 Å². The number of aryl methyl sites for hydroxylation is 2. The van der Waals surface area contributed by atoms with Crippen LogP contribution in [-0.2, 0) is 18.4 Å². The van der Waals surface area contributed by atoms with Crippen molar-refractivity contribution in [1.29, 1.82) is 0 Å². The maximum absolute atomic E-state index is 11.6. The molecule has 0 radical (unpaired) electrons. The van der Waals surface area contributed by atoms with Crippen LogP contribution in [0.25, 0.3) is 0 Å². The molecule has 7 nitrogen and oxygen atoms in total. The van der Waals surface area contributed by atoms with E-state index in [9.17, 15) is 9.59 Å². The average molecular weight is 282 g/mol. The minimum Gasteiger partial charge on any atom is -0.481 e.